The number of allylic oxidation sites excluding steroid dienone is 3. The van der Waals surface area contributed by atoms with Gasteiger partial charge in [0, 0.05) is 28.6 Å². The molecule has 0 spiro atoms. The normalized spacial score (nSPS) is 20.7. The lowest BCUT2D eigenvalue weighted by atomic mass is 9.69. The molecule has 2 aromatic rings. The van der Waals surface area contributed by atoms with Crippen molar-refractivity contribution in [2.45, 2.75) is 39.7 Å². The van der Waals surface area contributed by atoms with Gasteiger partial charge in [-0.3, -0.25) is 9.59 Å². The Morgan fingerprint density at radius 1 is 1.08 bits per heavy atom. The van der Waals surface area contributed by atoms with Crippen LogP contribution in [-0.4, -0.2) is 42.9 Å². The largest absolute Gasteiger partial charge is 0.489 e. The molecule has 1 N–H and O–H groups in total. The van der Waals surface area contributed by atoms with E-state index in [1.54, 1.807) is 11.8 Å². The molecule has 206 valence electrons. The van der Waals surface area contributed by atoms with Gasteiger partial charge in [-0.05, 0) is 48.3 Å². The second kappa shape index (κ2) is 13.0. The van der Waals surface area contributed by atoms with Gasteiger partial charge in [-0.25, -0.2) is 4.79 Å². The molecule has 3 atom stereocenters. The molecule has 0 amide bonds. The van der Waals surface area contributed by atoms with Crippen LogP contribution in [0.4, 0.5) is 0 Å². The fourth-order valence-corrected chi connectivity index (χ4v) is 5.69. The summed E-state index contributed by atoms with van der Waals surface area (Å²) in [7, 11) is 1.29. The number of ketones is 1. The molecule has 1 aliphatic carbocycles. The van der Waals surface area contributed by atoms with E-state index in [2.05, 4.69) is 12.2 Å². The average Bonchev–Trinajstić information content (AvgIpc) is 2.94. The molecule has 2 aliphatic rings. The van der Waals surface area contributed by atoms with Crippen LogP contribution in [0.5, 0.6) is 5.75 Å². The molecular weight excluding hydrogens is 514 g/mol. The van der Waals surface area contributed by atoms with Gasteiger partial charge in [0.25, 0.3) is 0 Å². The van der Waals surface area contributed by atoms with E-state index in [0.717, 1.165) is 22.6 Å². The van der Waals surface area contributed by atoms with Crippen LogP contribution in [0.2, 0.25) is 0 Å². The summed E-state index contributed by atoms with van der Waals surface area (Å²) >= 11 is 1.69. The van der Waals surface area contributed by atoms with Crippen molar-refractivity contribution in [3.05, 3.63) is 88.3 Å². The minimum atomic E-state index is -0.928. The van der Waals surface area contributed by atoms with Gasteiger partial charge in [0.1, 0.15) is 24.9 Å². The number of hydrogen-bond acceptors (Lipinski definition) is 8. The number of esters is 2. The van der Waals surface area contributed by atoms with Crippen LogP contribution in [-0.2, 0) is 30.5 Å². The summed E-state index contributed by atoms with van der Waals surface area (Å²) in [4.78, 5) is 39.9. The highest BCUT2D eigenvalue weighted by molar-refractivity contribution is 7.99. The molecule has 0 saturated carbocycles. The second-order valence-electron chi connectivity index (χ2n) is 9.71. The minimum absolute atomic E-state index is 0.238. The highest BCUT2D eigenvalue weighted by atomic mass is 32.2. The first-order chi connectivity index (χ1) is 18.8. The summed E-state index contributed by atoms with van der Waals surface area (Å²) in [6.45, 7) is 6.44. The lowest BCUT2D eigenvalue weighted by Gasteiger charge is -2.38. The zero-order valence-electron chi connectivity index (χ0n) is 22.8. The summed E-state index contributed by atoms with van der Waals surface area (Å²) in [6, 6.07) is 17.3. The smallest absolute Gasteiger partial charge is 0.336 e. The number of ether oxygens (including phenoxy) is 3. The highest BCUT2D eigenvalue weighted by Crippen LogP contribution is 2.45. The standard InChI is InChI=1S/C31H35NO6S/c1-5-39-16-15-37-31(35)26-20(3)32-24-17-19(2)25(30(34)36-4)29(33)28(24)27(26)22-11-13-23(14-12-22)38-18-21-9-7-6-8-10-21/h6-14,19,25,27,32H,5,15-18H2,1-4H3/t19-,25+,27-/m1/s1. The van der Waals surface area contributed by atoms with Crippen molar-refractivity contribution in [1.29, 1.82) is 0 Å². The van der Waals surface area contributed by atoms with Crippen molar-refractivity contribution in [1.82, 2.24) is 5.32 Å². The average molecular weight is 550 g/mol. The molecule has 7 nitrogen and oxygen atoms in total. The predicted octanol–water partition coefficient (Wildman–Crippen LogP) is 5.17. The molecule has 4 rings (SSSR count). The third kappa shape index (κ3) is 6.38. The van der Waals surface area contributed by atoms with Gasteiger partial charge in [-0.15, -0.1) is 0 Å². The SMILES string of the molecule is CCSCCOC(=O)C1=C(C)NC2=C(C(=O)[C@@H](C(=O)OC)[C@H](C)C2)[C@@H]1c1ccc(OCc2ccccc2)cc1. The van der Waals surface area contributed by atoms with Crippen LogP contribution in [0.1, 0.15) is 44.2 Å². The molecule has 39 heavy (non-hydrogen) atoms. The van der Waals surface area contributed by atoms with Crippen molar-refractivity contribution in [2.24, 2.45) is 11.8 Å². The van der Waals surface area contributed by atoms with E-state index in [0.29, 0.717) is 41.4 Å². The lowest BCUT2D eigenvalue weighted by Crippen LogP contribution is -2.43. The van der Waals surface area contributed by atoms with Gasteiger partial charge >= 0.3 is 11.9 Å². The molecule has 0 unspecified atom stereocenters. The number of carbonyl (C=O) groups is 3. The maximum atomic E-state index is 13.9. The van der Waals surface area contributed by atoms with E-state index < -0.39 is 23.8 Å². The van der Waals surface area contributed by atoms with Crippen LogP contribution in [0.25, 0.3) is 0 Å². The first-order valence-corrected chi connectivity index (χ1v) is 14.4. The monoisotopic (exact) mass is 549 g/mol. The van der Waals surface area contributed by atoms with Crippen molar-refractivity contribution in [2.75, 3.05) is 25.2 Å². The fraction of sp³-hybridized carbons (Fsp3) is 0.387. The Labute approximate surface area is 234 Å². The van der Waals surface area contributed by atoms with Crippen LogP contribution in [0, 0.1) is 11.8 Å². The Hall–Kier alpha value is -3.52. The van der Waals surface area contributed by atoms with Crippen LogP contribution in [0.3, 0.4) is 0 Å². The number of methoxy groups -OCH3 is 1. The summed E-state index contributed by atoms with van der Waals surface area (Å²) < 4.78 is 16.6. The zero-order chi connectivity index (χ0) is 27.9. The molecule has 2 aromatic carbocycles. The summed E-state index contributed by atoms with van der Waals surface area (Å²) in [5, 5.41) is 3.29. The third-order valence-electron chi connectivity index (χ3n) is 7.09. The summed E-state index contributed by atoms with van der Waals surface area (Å²) in [5.74, 6) is -0.910. The molecule has 1 aliphatic heterocycles. The molecule has 0 saturated heterocycles. The second-order valence-corrected chi connectivity index (χ2v) is 11.1. The van der Waals surface area contributed by atoms with Crippen LogP contribution < -0.4 is 10.1 Å². The number of benzene rings is 2. The highest BCUT2D eigenvalue weighted by Gasteiger charge is 2.47. The van der Waals surface area contributed by atoms with Crippen molar-refractivity contribution in [3.63, 3.8) is 0 Å². The van der Waals surface area contributed by atoms with Crippen molar-refractivity contribution in [3.8, 4) is 5.75 Å². The van der Waals surface area contributed by atoms with Crippen molar-refractivity contribution < 1.29 is 28.6 Å². The fourth-order valence-electron chi connectivity index (χ4n) is 5.20. The number of Topliss-reactive ketones (excluding diaryl/α,β-unsaturated/α-hetero) is 1. The maximum absolute atomic E-state index is 13.9. The van der Waals surface area contributed by atoms with E-state index in [1.807, 2.05) is 68.4 Å². The Kier molecular flexibility index (Phi) is 9.51. The first kappa shape index (κ1) is 28.5. The van der Waals surface area contributed by atoms with Crippen molar-refractivity contribution >= 4 is 29.5 Å². The van der Waals surface area contributed by atoms with Gasteiger partial charge in [0.15, 0.2) is 5.78 Å². The Bertz CT molecular complexity index is 1270. The Morgan fingerprint density at radius 3 is 2.46 bits per heavy atom. The predicted molar refractivity (Wildman–Crippen MR) is 151 cm³/mol. The zero-order valence-corrected chi connectivity index (χ0v) is 23.6. The molecule has 0 aromatic heterocycles. The number of nitrogens with one attached hydrogen (secondary N) is 1. The third-order valence-corrected chi connectivity index (χ3v) is 7.95. The van der Waals surface area contributed by atoms with E-state index in [4.69, 9.17) is 14.2 Å². The van der Waals surface area contributed by atoms with E-state index in [9.17, 15) is 14.4 Å². The number of thioether (sulfide) groups is 1. The van der Waals surface area contributed by atoms with Gasteiger partial charge in [0.05, 0.1) is 12.7 Å². The Balaban J connectivity index is 1.68. The molecule has 0 radical (unpaired) electrons. The number of carbonyl (C=O) groups excluding carboxylic acids is 3. The number of dihydropyridines is 1. The van der Waals surface area contributed by atoms with E-state index in [1.165, 1.54) is 7.11 Å². The Morgan fingerprint density at radius 2 is 1.79 bits per heavy atom. The lowest BCUT2D eigenvalue weighted by molar-refractivity contribution is -0.151. The number of hydrogen-bond donors (Lipinski definition) is 1. The van der Waals surface area contributed by atoms with Gasteiger partial charge in [0.2, 0.25) is 0 Å². The first-order valence-electron chi connectivity index (χ1n) is 13.2. The molecular formula is C31H35NO6S. The van der Waals surface area contributed by atoms with Gasteiger partial charge in [-0.2, -0.15) is 11.8 Å². The molecule has 1 heterocycles. The van der Waals surface area contributed by atoms with Crippen LogP contribution >= 0.6 is 11.8 Å². The summed E-state index contributed by atoms with van der Waals surface area (Å²) in [6.07, 6.45) is 0.489. The van der Waals surface area contributed by atoms with E-state index in [-0.39, 0.29) is 18.3 Å². The van der Waals surface area contributed by atoms with Crippen LogP contribution in [0.15, 0.2) is 77.1 Å². The minimum Gasteiger partial charge on any atom is -0.489 e. The van der Waals surface area contributed by atoms with Gasteiger partial charge in [-0.1, -0.05) is 56.3 Å². The molecule has 0 bridgehead atoms. The quantitative estimate of drug-likeness (QED) is 0.247. The molecule has 0 fully saturated rings. The summed E-state index contributed by atoms with van der Waals surface area (Å²) in [5.41, 5.74) is 3.97. The maximum Gasteiger partial charge on any atom is 0.336 e. The number of rotatable bonds is 10. The van der Waals surface area contributed by atoms with Gasteiger partial charge < -0.3 is 19.5 Å². The van der Waals surface area contributed by atoms with E-state index >= 15 is 0 Å². The topological polar surface area (TPSA) is 90.9 Å². The molecule has 8 heteroatoms.